The fourth-order valence-electron chi connectivity index (χ4n) is 2.40. The molecule has 1 atom stereocenters. The van der Waals surface area contributed by atoms with Gasteiger partial charge in [0, 0.05) is 6.04 Å². The van der Waals surface area contributed by atoms with Gasteiger partial charge in [-0.25, -0.2) is 0 Å². The van der Waals surface area contributed by atoms with Gasteiger partial charge in [0.25, 0.3) is 0 Å². The van der Waals surface area contributed by atoms with Crippen molar-refractivity contribution in [1.29, 1.82) is 5.26 Å². The summed E-state index contributed by atoms with van der Waals surface area (Å²) < 4.78 is 5.82. The highest BCUT2D eigenvalue weighted by Crippen LogP contribution is 2.25. The van der Waals surface area contributed by atoms with Gasteiger partial charge >= 0.3 is 0 Å². The molecular weight excluding hydrogens is 248 g/mol. The highest BCUT2D eigenvalue weighted by atomic mass is 16.5. The van der Waals surface area contributed by atoms with Gasteiger partial charge in [-0.1, -0.05) is 19.9 Å². The van der Waals surface area contributed by atoms with Gasteiger partial charge in [-0.2, -0.15) is 5.26 Å². The average Bonchev–Trinajstić information content (AvgIpc) is 3.20. The van der Waals surface area contributed by atoms with Crippen molar-refractivity contribution in [3.05, 3.63) is 29.3 Å². The Morgan fingerprint density at radius 3 is 2.65 bits per heavy atom. The van der Waals surface area contributed by atoms with Crippen LogP contribution in [0.3, 0.4) is 0 Å². The summed E-state index contributed by atoms with van der Waals surface area (Å²) in [6.45, 7) is 8.76. The number of nitrogens with zero attached hydrogens (tertiary/aromatic N) is 1. The molecule has 2 rings (SSSR count). The van der Waals surface area contributed by atoms with Crippen LogP contribution >= 0.6 is 0 Å². The molecule has 1 N–H and O–H groups in total. The summed E-state index contributed by atoms with van der Waals surface area (Å²) in [4.78, 5) is 0. The highest BCUT2D eigenvalue weighted by molar-refractivity contribution is 5.36. The molecule has 0 radical (unpaired) electrons. The van der Waals surface area contributed by atoms with E-state index in [4.69, 9.17) is 4.74 Å². The lowest BCUT2D eigenvalue weighted by Gasteiger charge is -2.23. The molecule has 0 bridgehead atoms. The third kappa shape index (κ3) is 3.74. The molecule has 1 saturated carbocycles. The number of benzene rings is 1. The van der Waals surface area contributed by atoms with Crippen molar-refractivity contribution in [2.45, 2.75) is 58.0 Å². The van der Waals surface area contributed by atoms with Crippen molar-refractivity contribution in [2.24, 2.45) is 0 Å². The first-order valence-corrected chi connectivity index (χ1v) is 7.36. The van der Waals surface area contributed by atoms with E-state index in [0.717, 1.165) is 5.75 Å². The molecule has 1 aliphatic carbocycles. The van der Waals surface area contributed by atoms with Gasteiger partial charge in [0.05, 0.1) is 6.07 Å². The molecule has 0 amide bonds. The van der Waals surface area contributed by atoms with Crippen LogP contribution in [0.25, 0.3) is 0 Å². The molecule has 3 nitrogen and oxygen atoms in total. The summed E-state index contributed by atoms with van der Waals surface area (Å²) in [5.41, 5.74) is 1.98. The van der Waals surface area contributed by atoms with Crippen molar-refractivity contribution >= 4 is 0 Å². The van der Waals surface area contributed by atoms with Crippen molar-refractivity contribution in [2.75, 3.05) is 6.61 Å². The van der Waals surface area contributed by atoms with E-state index >= 15 is 0 Å². The lowest BCUT2D eigenvalue weighted by molar-refractivity contribution is 0.232. The average molecular weight is 272 g/mol. The van der Waals surface area contributed by atoms with E-state index in [-0.39, 0.29) is 0 Å². The third-order valence-corrected chi connectivity index (χ3v) is 3.74. The second kappa shape index (κ2) is 5.85. The van der Waals surface area contributed by atoms with Crippen LogP contribution < -0.4 is 10.1 Å². The van der Waals surface area contributed by atoms with E-state index in [9.17, 15) is 5.26 Å². The first-order valence-electron chi connectivity index (χ1n) is 7.36. The topological polar surface area (TPSA) is 45.0 Å². The molecule has 3 heteroatoms. The molecule has 1 aromatic rings. The van der Waals surface area contributed by atoms with Crippen molar-refractivity contribution in [1.82, 2.24) is 5.32 Å². The van der Waals surface area contributed by atoms with Crippen molar-refractivity contribution in [3.8, 4) is 11.8 Å². The van der Waals surface area contributed by atoms with E-state index in [0.29, 0.717) is 18.6 Å². The van der Waals surface area contributed by atoms with Gasteiger partial charge in [-0.3, -0.25) is 5.32 Å². The van der Waals surface area contributed by atoms with Crippen LogP contribution in [0.5, 0.6) is 5.75 Å². The van der Waals surface area contributed by atoms with Gasteiger partial charge < -0.3 is 4.74 Å². The quantitative estimate of drug-likeness (QED) is 0.861. The van der Waals surface area contributed by atoms with E-state index in [1.165, 1.54) is 24.0 Å². The maximum Gasteiger partial charge on any atom is 0.138 e. The summed E-state index contributed by atoms with van der Waals surface area (Å²) in [7, 11) is 0. The minimum atomic E-state index is -0.605. The van der Waals surface area contributed by atoms with Crippen LogP contribution in [-0.4, -0.2) is 18.2 Å². The van der Waals surface area contributed by atoms with E-state index < -0.39 is 5.54 Å². The van der Waals surface area contributed by atoms with Crippen LogP contribution in [0.1, 0.15) is 50.7 Å². The van der Waals surface area contributed by atoms with Gasteiger partial charge in [0.1, 0.15) is 17.9 Å². The molecule has 20 heavy (non-hydrogen) atoms. The molecule has 1 aliphatic rings. The summed E-state index contributed by atoms with van der Waals surface area (Å²) in [6, 6.07) is 9.00. The summed E-state index contributed by atoms with van der Waals surface area (Å²) in [6.07, 6.45) is 2.33. The minimum Gasteiger partial charge on any atom is -0.491 e. The molecule has 1 unspecified atom stereocenters. The maximum absolute atomic E-state index is 9.32. The molecule has 1 aromatic carbocycles. The smallest absolute Gasteiger partial charge is 0.138 e. The number of hydrogen-bond donors (Lipinski definition) is 1. The van der Waals surface area contributed by atoms with Gasteiger partial charge in [-0.15, -0.1) is 0 Å². The SMILES string of the molecule is Cc1cc(OCC(C)(C#N)NC2CC2)ccc1C(C)C. The molecule has 0 aliphatic heterocycles. The second-order valence-electron chi connectivity index (χ2n) is 6.32. The fourth-order valence-corrected chi connectivity index (χ4v) is 2.40. The zero-order valence-electron chi connectivity index (χ0n) is 12.9. The van der Waals surface area contributed by atoms with Crippen molar-refractivity contribution in [3.63, 3.8) is 0 Å². The number of aryl methyl sites for hydroxylation is 1. The predicted molar refractivity (Wildman–Crippen MR) is 80.9 cm³/mol. The molecule has 0 aromatic heterocycles. The summed E-state index contributed by atoms with van der Waals surface area (Å²) >= 11 is 0. The van der Waals surface area contributed by atoms with Crippen molar-refractivity contribution < 1.29 is 4.74 Å². The first kappa shape index (κ1) is 14.9. The summed E-state index contributed by atoms with van der Waals surface area (Å²) in [5, 5.41) is 12.7. The molecule has 0 saturated heterocycles. The third-order valence-electron chi connectivity index (χ3n) is 3.74. The van der Waals surface area contributed by atoms with Gasteiger partial charge in [-0.05, 0) is 55.9 Å². The Bertz CT molecular complexity index is 514. The Morgan fingerprint density at radius 2 is 2.15 bits per heavy atom. The van der Waals surface area contributed by atoms with Gasteiger partial charge in [0.15, 0.2) is 0 Å². The monoisotopic (exact) mass is 272 g/mol. The normalized spacial score (nSPS) is 17.6. The number of nitrogens with one attached hydrogen (secondary N) is 1. The van der Waals surface area contributed by atoms with E-state index in [2.05, 4.69) is 44.3 Å². The number of ether oxygens (including phenoxy) is 1. The Balaban J connectivity index is 1.99. The lowest BCUT2D eigenvalue weighted by atomic mass is 9.98. The van der Waals surface area contributed by atoms with Crippen LogP contribution in [0.15, 0.2) is 18.2 Å². The largest absolute Gasteiger partial charge is 0.491 e. The van der Waals surface area contributed by atoms with Crippen LogP contribution in [0.2, 0.25) is 0 Å². The number of hydrogen-bond acceptors (Lipinski definition) is 3. The predicted octanol–water partition coefficient (Wildman–Crippen LogP) is 3.53. The van der Waals surface area contributed by atoms with Crippen LogP contribution in [0.4, 0.5) is 0 Å². The first-order chi connectivity index (χ1) is 9.43. The van der Waals surface area contributed by atoms with Crippen LogP contribution in [0, 0.1) is 18.3 Å². The highest BCUT2D eigenvalue weighted by Gasteiger charge is 2.33. The number of rotatable bonds is 6. The standard InChI is InChI=1S/C17H24N2O/c1-12(2)16-8-7-15(9-13(16)3)20-11-17(4,10-18)19-14-5-6-14/h7-9,12,14,19H,5-6,11H2,1-4H3. The van der Waals surface area contributed by atoms with E-state index in [1.54, 1.807) is 0 Å². The molecule has 0 heterocycles. The molecule has 0 spiro atoms. The Labute approximate surface area is 121 Å². The molecule has 108 valence electrons. The van der Waals surface area contributed by atoms with E-state index in [1.807, 2.05) is 13.0 Å². The van der Waals surface area contributed by atoms with Crippen LogP contribution in [-0.2, 0) is 0 Å². The Morgan fingerprint density at radius 1 is 1.45 bits per heavy atom. The molecular formula is C17H24N2O. The molecule has 1 fully saturated rings. The Kier molecular flexibility index (Phi) is 4.35. The summed E-state index contributed by atoms with van der Waals surface area (Å²) in [5.74, 6) is 1.36. The zero-order valence-corrected chi connectivity index (χ0v) is 12.9. The second-order valence-corrected chi connectivity index (χ2v) is 6.32. The minimum absolute atomic E-state index is 0.375. The fraction of sp³-hybridized carbons (Fsp3) is 0.588. The lowest BCUT2D eigenvalue weighted by Crippen LogP contribution is -2.47. The van der Waals surface area contributed by atoms with Gasteiger partial charge in [0.2, 0.25) is 0 Å². The maximum atomic E-state index is 9.32. The number of nitriles is 1. The Hall–Kier alpha value is -1.53. The zero-order chi connectivity index (χ0) is 14.8.